The maximum Gasteiger partial charge on any atom is 0.263 e. The fraction of sp³-hybridized carbons (Fsp3) is 0.385. The molecule has 1 aromatic heterocycles. The molecule has 0 saturated heterocycles. The monoisotopic (exact) mass is 278 g/mol. The van der Waals surface area contributed by atoms with Gasteiger partial charge >= 0.3 is 0 Å². The largest absolute Gasteiger partial charge is 0.384 e. The van der Waals surface area contributed by atoms with E-state index in [1.54, 1.807) is 11.4 Å². The minimum atomic E-state index is -0.316. The first-order chi connectivity index (χ1) is 9.20. The summed E-state index contributed by atoms with van der Waals surface area (Å²) in [5.74, 6) is 4.71. The molecule has 1 aliphatic rings. The highest BCUT2D eigenvalue weighted by atomic mass is 32.1. The van der Waals surface area contributed by atoms with Crippen LogP contribution in [0.25, 0.3) is 0 Å². The van der Waals surface area contributed by atoms with Crippen molar-refractivity contribution in [1.29, 1.82) is 0 Å². The molecule has 5 nitrogen and oxygen atoms in total. The number of hydrogen-bond donors (Lipinski definition) is 3. The lowest BCUT2D eigenvalue weighted by molar-refractivity contribution is -0.120. The van der Waals surface area contributed by atoms with Gasteiger partial charge in [0, 0.05) is 11.6 Å². The van der Waals surface area contributed by atoms with Gasteiger partial charge in [0.1, 0.15) is 11.5 Å². The summed E-state index contributed by atoms with van der Waals surface area (Å²) in [6.07, 6.45) is 2.04. The van der Waals surface area contributed by atoms with E-state index in [1.807, 2.05) is 0 Å². The third-order valence-electron chi connectivity index (χ3n) is 2.53. The Morgan fingerprint density at radius 2 is 2.26 bits per heavy atom. The molecule has 2 rings (SSSR count). The molecule has 1 heterocycles. The predicted octanol–water partition coefficient (Wildman–Crippen LogP) is 0.100. The first-order valence-electron chi connectivity index (χ1n) is 5.95. The predicted molar refractivity (Wildman–Crippen MR) is 71.8 cm³/mol. The molecule has 3 N–H and O–H groups in total. The summed E-state index contributed by atoms with van der Waals surface area (Å²) in [5.41, 5.74) is 0.569. The lowest BCUT2D eigenvalue weighted by Crippen LogP contribution is -2.37. The highest BCUT2D eigenvalue weighted by molar-refractivity contribution is 7.12. The minimum absolute atomic E-state index is 0.0277. The average molecular weight is 278 g/mol. The fourth-order valence-electron chi connectivity index (χ4n) is 1.47. The molecular formula is C13H14N2O3S. The van der Waals surface area contributed by atoms with E-state index in [4.69, 9.17) is 5.11 Å². The Kier molecular flexibility index (Phi) is 4.55. The van der Waals surface area contributed by atoms with Crippen molar-refractivity contribution in [3.8, 4) is 11.8 Å². The number of carbonyl (C=O) groups is 2. The zero-order chi connectivity index (χ0) is 13.7. The van der Waals surface area contributed by atoms with Crippen LogP contribution in [0, 0.1) is 11.8 Å². The van der Waals surface area contributed by atoms with E-state index in [0.717, 1.165) is 12.8 Å². The summed E-state index contributed by atoms with van der Waals surface area (Å²) in [6.45, 7) is -0.277. The molecular weight excluding hydrogens is 264 g/mol. The molecule has 1 aromatic rings. The maximum absolute atomic E-state index is 11.9. The SMILES string of the molecule is O=C(CNC(=O)c1sccc1C#CCO)NC1CC1. The van der Waals surface area contributed by atoms with Crippen LogP contribution in [0.5, 0.6) is 0 Å². The van der Waals surface area contributed by atoms with E-state index in [1.165, 1.54) is 11.3 Å². The van der Waals surface area contributed by atoms with E-state index in [9.17, 15) is 9.59 Å². The van der Waals surface area contributed by atoms with E-state index in [0.29, 0.717) is 10.4 Å². The summed E-state index contributed by atoms with van der Waals surface area (Å²) in [6, 6.07) is 2.00. The Morgan fingerprint density at radius 1 is 1.47 bits per heavy atom. The molecule has 0 bridgehead atoms. The van der Waals surface area contributed by atoms with Gasteiger partial charge in [-0.15, -0.1) is 11.3 Å². The molecule has 100 valence electrons. The first kappa shape index (κ1) is 13.6. The van der Waals surface area contributed by atoms with Crippen LogP contribution in [0.4, 0.5) is 0 Å². The normalized spacial score (nSPS) is 13.3. The van der Waals surface area contributed by atoms with Crippen LogP contribution in [0.2, 0.25) is 0 Å². The number of amides is 2. The third kappa shape index (κ3) is 4.09. The summed E-state index contributed by atoms with van der Waals surface area (Å²) < 4.78 is 0. The molecule has 6 heteroatoms. The molecule has 1 aliphatic carbocycles. The number of nitrogens with one attached hydrogen (secondary N) is 2. The van der Waals surface area contributed by atoms with Crippen molar-refractivity contribution in [2.75, 3.05) is 13.2 Å². The van der Waals surface area contributed by atoms with Gasteiger partial charge in [-0.25, -0.2) is 0 Å². The summed E-state index contributed by atoms with van der Waals surface area (Å²) in [5, 5.41) is 15.7. The highest BCUT2D eigenvalue weighted by Gasteiger charge is 2.23. The average Bonchev–Trinajstić information content (AvgIpc) is 3.08. The van der Waals surface area contributed by atoms with Crippen molar-refractivity contribution in [1.82, 2.24) is 10.6 Å². The quantitative estimate of drug-likeness (QED) is 0.684. The summed E-state index contributed by atoms with van der Waals surface area (Å²) in [7, 11) is 0. The number of carbonyl (C=O) groups excluding carboxylic acids is 2. The highest BCUT2D eigenvalue weighted by Crippen LogP contribution is 2.18. The topological polar surface area (TPSA) is 78.4 Å². The molecule has 1 fully saturated rings. The first-order valence-corrected chi connectivity index (χ1v) is 6.83. The second-order valence-electron chi connectivity index (χ2n) is 4.15. The van der Waals surface area contributed by atoms with Gasteiger partial charge in [-0.3, -0.25) is 9.59 Å². The van der Waals surface area contributed by atoms with Crippen LogP contribution >= 0.6 is 11.3 Å². The molecule has 19 heavy (non-hydrogen) atoms. The van der Waals surface area contributed by atoms with Crippen molar-refractivity contribution < 1.29 is 14.7 Å². The zero-order valence-corrected chi connectivity index (χ0v) is 11.0. The smallest absolute Gasteiger partial charge is 0.263 e. The van der Waals surface area contributed by atoms with Gasteiger partial charge in [-0.1, -0.05) is 11.8 Å². The van der Waals surface area contributed by atoms with Crippen molar-refractivity contribution in [2.24, 2.45) is 0 Å². The Labute approximate surface area is 115 Å². The van der Waals surface area contributed by atoms with Crippen molar-refractivity contribution in [3.63, 3.8) is 0 Å². The van der Waals surface area contributed by atoms with Crippen molar-refractivity contribution >= 4 is 23.2 Å². The van der Waals surface area contributed by atoms with Crippen LogP contribution in [0.1, 0.15) is 28.1 Å². The molecule has 1 saturated carbocycles. The van der Waals surface area contributed by atoms with E-state index < -0.39 is 0 Å². The maximum atomic E-state index is 11.9. The van der Waals surface area contributed by atoms with Crippen LogP contribution in [-0.2, 0) is 4.79 Å². The molecule has 0 unspecified atom stereocenters. The standard InChI is InChI=1S/C13H14N2O3S/c16-6-1-2-9-5-7-19-12(9)13(18)14-8-11(17)15-10-3-4-10/h5,7,10,16H,3-4,6,8H2,(H,14,18)(H,15,17). The van der Waals surface area contributed by atoms with E-state index in [-0.39, 0.29) is 31.0 Å². The molecule has 0 atom stereocenters. The van der Waals surface area contributed by atoms with E-state index in [2.05, 4.69) is 22.5 Å². The number of hydrogen-bond acceptors (Lipinski definition) is 4. The Bertz CT molecular complexity index is 538. The molecule has 0 aromatic carbocycles. The molecule has 0 spiro atoms. The Morgan fingerprint density at radius 3 is 2.95 bits per heavy atom. The second-order valence-corrected chi connectivity index (χ2v) is 5.06. The molecule has 0 radical (unpaired) electrons. The lowest BCUT2D eigenvalue weighted by atomic mass is 10.2. The number of rotatable bonds is 4. The molecule has 0 aliphatic heterocycles. The van der Waals surface area contributed by atoms with Crippen LogP contribution in [-0.4, -0.2) is 36.1 Å². The van der Waals surface area contributed by atoms with Crippen molar-refractivity contribution in [2.45, 2.75) is 18.9 Å². The fourth-order valence-corrected chi connectivity index (χ4v) is 2.23. The van der Waals surface area contributed by atoms with Crippen LogP contribution in [0.3, 0.4) is 0 Å². The number of aliphatic hydroxyl groups excluding tert-OH is 1. The summed E-state index contributed by atoms with van der Waals surface area (Å²) in [4.78, 5) is 23.8. The van der Waals surface area contributed by atoms with Crippen LogP contribution in [0.15, 0.2) is 11.4 Å². The third-order valence-corrected chi connectivity index (χ3v) is 3.44. The van der Waals surface area contributed by atoms with Gasteiger partial charge in [-0.05, 0) is 24.3 Å². The minimum Gasteiger partial charge on any atom is -0.384 e. The van der Waals surface area contributed by atoms with E-state index >= 15 is 0 Å². The second kappa shape index (κ2) is 6.36. The van der Waals surface area contributed by atoms with Gasteiger partial charge in [0.05, 0.1) is 6.54 Å². The molecule has 2 amide bonds. The van der Waals surface area contributed by atoms with Gasteiger partial charge in [0.15, 0.2) is 0 Å². The van der Waals surface area contributed by atoms with Gasteiger partial charge in [0.25, 0.3) is 5.91 Å². The Hall–Kier alpha value is -1.84. The van der Waals surface area contributed by atoms with Crippen molar-refractivity contribution in [3.05, 3.63) is 21.9 Å². The van der Waals surface area contributed by atoms with Gasteiger partial charge in [0.2, 0.25) is 5.91 Å². The Balaban J connectivity index is 1.88. The lowest BCUT2D eigenvalue weighted by Gasteiger charge is -2.05. The number of aliphatic hydroxyl groups is 1. The van der Waals surface area contributed by atoms with Gasteiger partial charge < -0.3 is 15.7 Å². The van der Waals surface area contributed by atoms with Crippen LogP contribution < -0.4 is 10.6 Å². The number of thiophene rings is 1. The summed E-state index contributed by atoms with van der Waals surface area (Å²) >= 11 is 1.26. The zero-order valence-electron chi connectivity index (χ0n) is 10.2. The van der Waals surface area contributed by atoms with Gasteiger partial charge in [-0.2, -0.15) is 0 Å².